The summed E-state index contributed by atoms with van der Waals surface area (Å²) in [5, 5.41) is 10.1. The molecule has 0 radical (unpaired) electrons. The summed E-state index contributed by atoms with van der Waals surface area (Å²) in [6, 6.07) is 0.221. The summed E-state index contributed by atoms with van der Waals surface area (Å²) < 4.78 is 6.94. The van der Waals surface area contributed by atoms with Crippen LogP contribution in [0.1, 0.15) is 6.42 Å². The monoisotopic (exact) mass is 239 g/mol. The fourth-order valence-corrected chi connectivity index (χ4v) is 1.64. The minimum atomic E-state index is 0.0212. The quantitative estimate of drug-likeness (QED) is 0.672. The number of aryl methyl sites for hydroxylation is 1. The molecule has 1 unspecified atom stereocenters. The van der Waals surface area contributed by atoms with Crippen LogP contribution < -0.4 is 10.6 Å². The first kappa shape index (κ1) is 12.0. The minimum absolute atomic E-state index is 0.0212. The third-order valence-corrected chi connectivity index (χ3v) is 2.58. The third kappa shape index (κ3) is 4.12. The fourth-order valence-electron chi connectivity index (χ4n) is 1.64. The number of aromatic nitrogens is 3. The van der Waals surface area contributed by atoms with Crippen molar-refractivity contribution in [3.63, 3.8) is 0 Å². The van der Waals surface area contributed by atoms with Crippen LogP contribution in [0.25, 0.3) is 0 Å². The van der Waals surface area contributed by atoms with Gasteiger partial charge in [0.15, 0.2) is 0 Å². The molecule has 1 fully saturated rings. The van der Waals surface area contributed by atoms with E-state index in [-0.39, 0.29) is 11.9 Å². The maximum Gasteiger partial charge on any atom is 0.221 e. The van der Waals surface area contributed by atoms with Crippen molar-refractivity contribution in [2.75, 3.05) is 26.3 Å². The normalized spacial score (nSPS) is 20.1. The molecule has 0 aromatic carbocycles. The van der Waals surface area contributed by atoms with Crippen molar-refractivity contribution in [2.24, 2.45) is 0 Å². The second kappa shape index (κ2) is 6.31. The Morgan fingerprint density at radius 3 is 3.29 bits per heavy atom. The molecule has 1 aromatic rings. The number of nitrogens with zero attached hydrogens (tertiary/aromatic N) is 3. The topological polar surface area (TPSA) is 81.1 Å². The summed E-state index contributed by atoms with van der Waals surface area (Å²) in [7, 11) is 0. The second-order valence-electron chi connectivity index (χ2n) is 3.94. The van der Waals surface area contributed by atoms with Gasteiger partial charge in [-0.05, 0) is 0 Å². The Morgan fingerprint density at radius 2 is 2.59 bits per heavy atom. The predicted molar refractivity (Wildman–Crippen MR) is 60.3 cm³/mol. The average molecular weight is 239 g/mol. The first-order chi connectivity index (χ1) is 8.34. The van der Waals surface area contributed by atoms with Crippen LogP contribution in [0.15, 0.2) is 12.7 Å². The molecule has 1 aromatic heterocycles. The van der Waals surface area contributed by atoms with Gasteiger partial charge in [0.2, 0.25) is 5.91 Å². The molecule has 1 atom stereocenters. The lowest BCUT2D eigenvalue weighted by atomic mass is 10.2. The van der Waals surface area contributed by atoms with Crippen LogP contribution in [0.5, 0.6) is 0 Å². The summed E-state index contributed by atoms with van der Waals surface area (Å²) in [4.78, 5) is 15.4. The van der Waals surface area contributed by atoms with Crippen LogP contribution in [-0.4, -0.2) is 53.0 Å². The highest BCUT2D eigenvalue weighted by molar-refractivity contribution is 5.75. The first-order valence-corrected chi connectivity index (χ1v) is 5.75. The molecular formula is C10H17N5O2. The number of amides is 1. The van der Waals surface area contributed by atoms with E-state index in [4.69, 9.17) is 4.74 Å². The zero-order chi connectivity index (χ0) is 11.9. The van der Waals surface area contributed by atoms with Crippen LogP contribution in [0.4, 0.5) is 0 Å². The highest BCUT2D eigenvalue weighted by atomic mass is 16.5. The molecule has 1 saturated heterocycles. The average Bonchev–Trinajstić information content (AvgIpc) is 2.88. The molecule has 1 amide bonds. The number of nitrogens with one attached hydrogen (secondary N) is 2. The van der Waals surface area contributed by atoms with E-state index in [0.29, 0.717) is 26.1 Å². The van der Waals surface area contributed by atoms with E-state index in [1.807, 2.05) is 0 Å². The third-order valence-electron chi connectivity index (χ3n) is 2.58. The fraction of sp³-hybridized carbons (Fsp3) is 0.700. The van der Waals surface area contributed by atoms with Crippen LogP contribution in [0.3, 0.4) is 0 Å². The number of hydrogen-bond acceptors (Lipinski definition) is 5. The molecule has 1 aliphatic heterocycles. The van der Waals surface area contributed by atoms with Crippen molar-refractivity contribution < 1.29 is 9.53 Å². The molecule has 2 heterocycles. The smallest absolute Gasteiger partial charge is 0.221 e. The molecule has 0 aliphatic carbocycles. The lowest BCUT2D eigenvalue weighted by Crippen LogP contribution is -2.48. The van der Waals surface area contributed by atoms with Gasteiger partial charge in [0.1, 0.15) is 12.7 Å². The molecule has 0 bridgehead atoms. The van der Waals surface area contributed by atoms with Crippen molar-refractivity contribution in [2.45, 2.75) is 19.0 Å². The molecule has 2 rings (SSSR count). The first-order valence-electron chi connectivity index (χ1n) is 5.75. The van der Waals surface area contributed by atoms with Crippen LogP contribution in [-0.2, 0) is 16.1 Å². The van der Waals surface area contributed by atoms with Crippen LogP contribution >= 0.6 is 0 Å². The van der Waals surface area contributed by atoms with E-state index in [1.165, 1.54) is 6.33 Å². The highest BCUT2D eigenvalue weighted by Crippen LogP contribution is 1.92. The maximum absolute atomic E-state index is 11.5. The summed E-state index contributed by atoms with van der Waals surface area (Å²) in [6.07, 6.45) is 3.47. The highest BCUT2D eigenvalue weighted by Gasteiger charge is 2.13. The van der Waals surface area contributed by atoms with Crippen molar-refractivity contribution in [1.82, 2.24) is 25.4 Å². The van der Waals surface area contributed by atoms with Crippen molar-refractivity contribution in [3.05, 3.63) is 12.7 Å². The number of carbonyl (C=O) groups is 1. The van der Waals surface area contributed by atoms with E-state index in [1.54, 1.807) is 11.0 Å². The maximum atomic E-state index is 11.5. The minimum Gasteiger partial charge on any atom is -0.378 e. The van der Waals surface area contributed by atoms with Gasteiger partial charge in [0, 0.05) is 25.6 Å². The van der Waals surface area contributed by atoms with Crippen molar-refractivity contribution in [3.8, 4) is 0 Å². The van der Waals surface area contributed by atoms with Gasteiger partial charge in [0.25, 0.3) is 0 Å². The molecule has 7 nitrogen and oxygen atoms in total. The Hall–Kier alpha value is -1.47. The number of hydrogen-bond donors (Lipinski definition) is 2. The van der Waals surface area contributed by atoms with Gasteiger partial charge in [-0.3, -0.25) is 9.48 Å². The lowest BCUT2D eigenvalue weighted by molar-refractivity contribution is -0.121. The molecule has 1 aliphatic rings. The Bertz CT molecular complexity index is 334. The van der Waals surface area contributed by atoms with Gasteiger partial charge in [0.05, 0.1) is 19.8 Å². The largest absolute Gasteiger partial charge is 0.378 e. The van der Waals surface area contributed by atoms with E-state index in [2.05, 4.69) is 20.7 Å². The predicted octanol–water partition coefficient (Wildman–Crippen LogP) is -1.23. The standard InChI is InChI=1S/C10H17N5O2/c16-10(1-3-15-8-11-7-14-15)13-5-9-6-17-4-2-12-9/h7-9,12H,1-6H2,(H,13,16). The van der Waals surface area contributed by atoms with E-state index in [0.717, 1.165) is 13.2 Å². The summed E-state index contributed by atoms with van der Waals surface area (Å²) in [6.45, 7) is 3.41. The zero-order valence-corrected chi connectivity index (χ0v) is 9.63. The van der Waals surface area contributed by atoms with Gasteiger partial charge in [-0.25, -0.2) is 4.98 Å². The number of carbonyl (C=O) groups excluding carboxylic acids is 1. The van der Waals surface area contributed by atoms with Crippen LogP contribution in [0, 0.1) is 0 Å². The second-order valence-corrected chi connectivity index (χ2v) is 3.94. The number of rotatable bonds is 5. The Kier molecular flexibility index (Phi) is 4.45. The number of morpholine rings is 1. The lowest BCUT2D eigenvalue weighted by Gasteiger charge is -2.23. The van der Waals surface area contributed by atoms with Gasteiger partial charge in [-0.2, -0.15) is 5.10 Å². The van der Waals surface area contributed by atoms with Gasteiger partial charge >= 0.3 is 0 Å². The van der Waals surface area contributed by atoms with Crippen molar-refractivity contribution in [1.29, 1.82) is 0 Å². The van der Waals surface area contributed by atoms with Crippen LogP contribution in [0.2, 0.25) is 0 Å². The molecular weight excluding hydrogens is 222 g/mol. The number of ether oxygens (including phenoxy) is 1. The van der Waals surface area contributed by atoms with E-state index >= 15 is 0 Å². The molecule has 0 spiro atoms. The molecule has 94 valence electrons. The van der Waals surface area contributed by atoms with E-state index in [9.17, 15) is 4.79 Å². The van der Waals surface area contributed by atoms with E-state index < -0.39 is 0 Å². The summed E-state index contributed by atoms with van der Waals surface area (Å²) in [5.41, 5.74) is 0. The van der Waals surface area contributed by atoms with Gasteiger partial charge in [-0.1, -0.05) is 0 Å². The Labute approximate surface area is 99.5 Å². The Morgan fingerprint density at radius 1 is 1.65 bits per heavy atom. The summed E-state index contributed by atoms with van der Waals surface area (Å²) in [5.74, 6) is 0.0212. The zero-order valence-electron chi connectivity index (χ0n) is 9.63. The van der Waals surface area contributed by atoms with Gasteiger partial charge in [-0.15, -0.1) is 0 Å². The van der Waals surface area contributed by atoms with Crippen molar-refractivity contribution >= 4 is 5.91 Å². The molecule has 2 N–H and O–H groups in total. The summed E-state index contributed by atoms with van der Waals surface area (Å²) >= 11 is 0. The van der Waals surface area contributed by atoms with Gasteiger partial charge < -0.3 is 15.4 Å². The Balaban J connectivity index is 1.60. The molecule has 17 heavy (non-hydrogen) atoms. The SMILES string of the molecule is O=C(CCn1cncn1)NCC1COCCN1. The molecule has 0 saturated carbocycles. The molecule has 7 heteroatoms.